The minimum Gasteiger partial charge on any atom is -0.354 e. The molecule has 1 N–H and O–H groups in total. The number of carbonyl (C=O) groups excluding carboxylic acids is 1. The Labute approximate surface area is 166 Å². The maximum atomic E-state index is 12.3. The lowest BCUT2D eigenvalue weighted by molar-refractivity contribution is -0.125. The maximum Gasteiger partial charge on any atom is 0.225 e. The molecular weight excluding hydrogens is 412 g/mol. The highest BCUT2D eigenvalue weighted by molar-refractivity contribution is 9.10. The third kappa shape index (κ3) is 4.57. The number of hydrogen-bond donors (Lipinski definition) is 1. The molecule has 1 atom stereocenters. The molecule has 1 saturated carbocycles. The van der Waals surface area contributed by atoms with E-state index in [1.807, 2.05) is 24.3 Å². The van der Waals surface area contributed by atoms with Gasteiger partial charge in [0, 0.05) is 28.5 Å². The van der Waals surface area contributed by atoms with Gasteiger partial charge < -0.3 is 10.2 Å². The van der Waals surface area contributed by atoms with Crippen molar-refractivity contribution in [2.24, 2.45) is 5.92 Å². The number of halogens is 1. The number of anilines is 1. The molecule has 1 saturated heterocycles. The molecule has 2 aromatic rings. The van der Waals surface area contributed by atoms with Gasteiger partial charge in [0.05, 0.1) is 5.92 Å². The summed E-state index contributed by atoms with van der Waals surface area (Å²) in [5.41, 5.74) is 0. The molecule has 5 nitrogen and oxygen atoms in total. The second-order valence-electron chi connectivity index (χ2n) is 6.85. The van der Waals surface area contributed by atoms with Crippen molar-refractivity contribution < 1.29 is 4.79 Å². The zero-order valence-corrected chi connectivity index (χ0v) is 16.8. The van der Waals surface area contributed by atoms with E-state index in [0.29, 0.717) is 6.04 Å². The molecule has 2 heterocycles. The summed E-state index contributed by atoms with van der Waals surface area (Å²) in [6.07, 6.45) is 4.23. The molecule has 1 aromatic heterocycles. The summed E-state index contributed by atoms with van der Waals surface area (Å²) in [5.74, 6) is 1.12. The molecule has 136 valence electrons. The summed E-state index contributed by atoms with van der Waals surface area (Å²) >= 11 is 5.04. The largest absolute Gasteiger partial charge is 0.354 e. The zero-order chi connectivity index (χ0) is 17.9. The molecular formula is C19H21BrN4OS. The molecule has 4 rings (SSSR count). The van der Waals surface area contributed by atoms with E-state index in [1.165, 1.54) is 0 Å². The number of carbonyl (C=O) groups is 1. The Balaban J connectivity index is 1.37. The number of rotatable bonds is 5. The van der Waals surface area contributed by atoms with E-state index < -0.39 is 0 Å². The van der Waals surface area contributed by atoms with Crippen LogP contribution in [0.1, 0.15) is 25.7 Å². The lowest BCUT2D eigenvalue weighted by Crippen LogP contribution is -2.44. The predicted octanol–water partition coefficient (Wildman–Crippen LogP) is 3.89. The highest BCUT2D eigenvalue weighted by atomic mass is 79.9. The fourth-order valence-electron chi connectivity index (χ4n) is 3.11. The van der Waals surface area contributed by atoms with Gasteiger partial charge in [-0.05, 0) is 62.1 Å². The molecule has 2 fully saturated rings. The van der Waals surface area contributed by atoms with Crippen LogP contribution in [0.2, 0.25) is 0 Å². The predicted molar refractivity (Wildman–Crippen MR) is 106 cm³/mol. The standard InChI is InChI=1S/C19H21BrN4OS/c20-14-3-7-16(8-4-14)26-18-10-9-17(22-23-18)24-11-1-2-13(12-24)19(25)21-15-5-6-15/h3-4,7-10,13,15H,1-2,5-6,11-12H2,(H,21,25). The van der Waals surface area contributed by atoms with Crippen molar-refractivity contribution in [3.8, 4) is 0 Å². The first-order valence-corrected chi connectivity index (χ1v) is 10.6. The van der Waals surface area contributed by atoms with Gasteiger partial charge >= 0.3 is 0 Å². The average Bonchev–Trinajstić information content (AvgIpc) is 3.48. The Bertz CT molecular complexity index is 764. The fraction of sp³-hybridized carbons (Fsp3) is 0.421. The molecule has 1 aromatic carbocycles. The SMILES string of the molecule is O=C(NC1CC1)C1CCCN(c2ccc(Sc3ccc(Br)cc3)nn2)C1. The quantitative estimate of drug-likeness (QED) is 0.776. The molecule has 1 aliphatic heterocycles. The first-order valence-electron chi connectivity index (χ1n) is 9.00. The highest BCUT2D eigenvalue weighted by Gasteiger charge is 2.30. The van der Waals surface area contributed by atoms with E-state index in [4.69, 9.17) is 0 Å². The van der Waals surface area contributed by atoms with Gasteiger partial charge in [0.2, 0.25) is 5.91 Å². The molecule has 26 heavy (non-hydrogen) atoms. The van der Waals surface area contributed by atoms with Gasteiger partial charge in [-0.25, -0.2) is 0 Å². The molecule has 2 aliphatic rings. The molecule has 0 spiro atoms. The monoisotopic (exact) mass is 432 g/mol. The lowest BCUT2D eigenvalue weighted by atomic mass is 9.97. The number of piperidine rings is 1. The van der Waals surface area contributed by atoms with E-state index in [-0.39, 0.29) is 11.8 Å². The minimum absolute atomic E-state index is 0.0583. The highest BCUT2D eigenvalue weighted by Crippen LogP contribution is 2.28. The summed E-state index contributed by atoms with van der Waals surface area (Å²) in [4.78, 5) is 15.6. The third-order valence-electron chi connectivity index (χ3n) is 4.70. The van der Waals surface area contributed by atoms with Crippen molar-refractivity contribution >= 4 is 39.4 Å². The summed E-state index contributed by atoms with van der Waals surface area (Å²) < 4.78 is 1.06. The van der Waals surface area contributed by atoms with E-state index in [0.717, 1.165) is 59.0 Å². The van der Waals surface area contributed by atoms with E-state index in [1.54, 1.807) is 11.8 Å². The number of benzene rings is 1. The van der Waals surface area contributed by atoms with Gasteiger partial charge in [0.25, 0.3) is 0 Å². The minimum atomic E-state index is 0.0583. The smallest absolute Gasteiger partial charge is 0.225 e. The van der Waals surface area contributed by atoms with E-state index in [9.17, 15) is 4.79 Å². The van der Waals surface area contributed by atoms with Gasteiger partial charge in [0.15, 0.2) is 5.82 Å². The van der Waals surface area contributed by atoms with Crippen molar-refractivity contribution in [1.82, 2.24) is 15.5 Å². The van der Waals surface area contributed by atoms with Gasteiger partial charge in [-0.1, -0.05) is 27.7 Å². The van der Waals surface area contributed by atoms with Crippen LogP contribution in [0.15, 0.2) is 50.8 Å². The van der Waals surface area contributed by atoms with Crippen molar-refractivity contribution in [1.29, 1.82) is 0 Å². The Hall–Kier alpha value is -1.60. The van der Waals surface area contributed by atoms with Crippen molar-refractivity contribution in [3.63, 3.8) is 0 Å². The molecule has 0 bridgehead atoms. The first-order chi connectivity index (χ1) is 12.7. The van der Waals surface area contributed by atoms with Crippen LogP contribution < -0.4 is 10.2 Å². The van der Waals surface area contributed by atoms with Gasteiger partial charge in [-0.15, -0.1) is 10.2 Å². The normalized spacial score (nSPS) is 20.0. The molecule has 7 heteroatoms. The summed E-state index contributed by atoms with van der Waals surface area (Å²) in [7, 11) is 0. The number of amides is 1. The van der Waals surface area contributed by atoms with Crippen LogP contribution in [0.25, 0.3) is 0 Å². The number of aromatic nitrogens is 2. The van der Waals surface area contributed by atoms with Gasteiger partial charge in [-0.3, -0.25) is 4.79 Å². The Morgan fingerprint density at radius 2 is 1.92 bits per heavy atom. The number of hydrogen-bond acceptors (Lipinski definition) is 5. The second-order valence-corrected chi connectivity index (χ2v) is 8.86. The first kappa shape index (κ1) is 17.8. The molecule has 1 unspecified atom stereocenters. The maximum absolute atomic E-state index is 12.3. The summed E-state index contributed by atoms with van der Waals surface area (Å²) in [5, 5.41) is 12.8. The van der Waals surface area contributed by atoms with Gasteiger partial charge in [-0.2, -0.15) is 0 Å². The number of nitrogens with one attached hydrogen (secondary N) is 1. The molecule has 1 aliphatic carbocycles. The van der Waals surface area contributed by atoms with E-state index >= 15 is 0 Å². The van der Waals surface area contributed by atoms with Crippen LogP contribution >= 0.6 is 27.7 Å². The van der Waals surface area contributed by atoms with Crippen molar-refractivity contribution in [3.05, 3.63) is 40.9 Å². The van der Waals surface area contributed by atoms with Crippen molar-refractivity contribution in [2.75, 3.05) is 18.0 Å². The second kappa shape index (κ2) is 7.96. The summed E-state index contributed by atoms with van der Waals surface area (Å²) in [6.45, 7) is 1.66. The van der Waals surface area contributed by atoms with Crippen LogP contribution in [0.4, 0.5) is 5.82 Å². The fourth-order valence-corrected chi connectivity index (χ4v) is 4.10. The van der Waals surface area contributed by atoms with Gasteiger partial charge in [0.1, 0.15) is 5.03 Å². The van der Waals surface area contributed by atoms with Crippen LogP contribution in [0.5, 0.6) is 0 Å². The van der Waals surface area contributed by atoms with Crippen molar-refractivity contribution in [2.45, 2.75) is 41.6 Å². The van der Waals surface area contributed by atoms with Crippen LogP contribution in [0, 0.1) is 5.92 Å². The van der Waals surface area contributed by atoms with E-state index in [2.05, 4.69) is 48.5 Å². The molecule has 0 radical (unpaired) electrons. The third-order valence-corrected chi connectivity index (χ3v) is 6.17. The summed E-state index contributed by atoms with van der Waals surface area (Å²) in [6, 6.07) is 12.6. The topological polar surface area (TPSA) is 58.1 Å². The Morgan fingerprint density at radius 3 is 2.62 bits per heavy atom. The molecule has 1 amide bonds. The van der Waals surface area contributed by atoms with Crippen LogP contribution in [-0.2, 0) is 4.79 Å². The Morgan fingerprint density at radius 1 is 1.12 bits per heavy atom. The Kier molecular flexibility index (Phi) is 5.45. The average molecular weight is 433 g/mol. The number of nitrogens with zero attached hydrogens (tertiary/aromatic N) is 3. The van der Waals surface area contributed by atoms with Crippen LogP contribution in [-0.4, -0.2) is 35.2 Å². The zero-order valence-electron chi connectivity index (χ0n) is 14.4. The van der Waals surface area contributed by atoms with Crippen LogP contribution in [0.3, 0.4) is 0 Å². The lowest BCUT2D eigenvalue weighted by Gasteiger charge is -2.32.